The quantitative estimate of drug-likeness (QED) is 0.896. The molecule has 0 aromatic heterocycles. The molecular formula is C15H18N2O3. The fourth-order valence-electron chi connectivity index (χ4n) is 2.69. The first-order chi connectivity index (χ1) is 9.56. The molecular weight excluding hydrogens is 256 g/mol. The summed E-state index contributed by atoms with van der Waals surface area (Å²) >= 11 is 0. The van der Waals surface area contributed by atoms with Gasteiger partial charge in [0.2, 0.25) is 0 Å². The predicted octanol–water partition coefficient (Wildman–Crippen LogP) is 1.96. The van der Waals surface area contributed by atoms with Crippen molar-refractivity contribution in [3.63, 3.8) is 0 Å². The third-order valence-corrected chi connectivity index (χ3v) is 4.13. The van der Waals surface area contributed by atoms with Crippen molar-refractivity contribution in [3.05, 3.63) is 34.9 Å². The molecule has 106 valence electrons. The lowest BCUT2D eigenvalue weighted by Crippen LogP contribution is -2.44. The molecule has 20 heavy (non-hydrogen) atoms. The number of urea groups is 1. The van der Waals surface area contributed by atoms with Crippen LogP contribution in [-0.2, 0) is 13.0 Å². The Kier molecular flexibility index (Phi) is 3.12. The second kappa shape index (κ2) is 4.81. The molecule has 1 aromatic carbocycles. The first kappa shape index (κ1) is 13.0. The zero-order valence-electron chi connectivity index (χ0n) is 11.5. The van der Waals surface area contributed by atoms with Gasteiger partial charge in [-0.05, 0) is 42.5 Å². The van der Waals surface area contributed by atoms with Crippen molar-refractivity contribution in [1.29, 1.82) is 0 Å². The summed E-state index contributed by atoms with van der Waals surface area (Å²) in [6.07, 6.45) is 2.98. The molecule has 0 unspecified atom stereocenters. The van der Waals surface area contributed by atoms with Crippen LogP contribution in [0.25, 0.3) is 0 Å². The predicted molar refractivity (Wildman–Crippen MR) is 73.7 cm³/mol. The monoisotopic (exact) mass is 274 g/mol. The number of nitrogens with zero attached hydrogens (tertiary/aromatic N) is 2. The number of aromatic carboxylic acids is 1. The number of carboxylic acids is 1. The maximum absolute atomic E-state index is 12.3. The van der Waals surface area contributed by atoms with Gasteiger partial charge in [-0.1, -0.05) is 6.07 Å². The van der Waals surface area contributed by atoms with E-state index in [4.69, 9.17) is 5.11 Å². The van der Waals surface area contributed by atoms with E-state index in [9.17, 15) is 9.59 Å². The second-order valence-electron chi connectivity index (χ2n) is 5.58. The van der Waals surface area contributed by atoms with Crippen LogP contribution < -0.4 is 0 Å². The second-order valence-corrected chi connectivity index (χ2v) is 5.58. The summed E-state index contributed by atoms with van der Waals surface area (Å²) in [6.45, 7) is 1.21. The van der Waals surface area contributed by atoms with Crippen molar-refractivity contribution in [1.82, 2.24) is 9.80 Å². The Labute approximate surface area is 117 Å². The average molecular weight is 274 g/mol. The Bertz CT molecular complexity index is 566. The first-order valence-corrected chi connectivity index (χ1v) is 6.93. The van der Waals surface area contributed by atoms with E-state index in [0.717, 1.165) is 30.4 Å². The van der Waals surface area contributed by atoms with Crippen molar-refractivity contribution in [3.8, 4) is 0 Å². The summed E-state index contributed by atoms with van der Waals surface area (Å²) < 4.78 is 0. The van der Waals surface area contributed by atoms with Gasteiger partial charge in [-0.3, -0.25) is 0 Å². The molecule has 0 radical (unpaired) electrons. The standard InChI is InChI=1S/C15H18N2O3/c1-16(13-4-5-13)15(20)17-7-6-10-2-3-11(14(18)19)8-12(10)9-17/h2-3,8,13H,4-7,9H2,1H3,(H,18,19). The van der Waals surface area contributed by atoms with Gasteiger partial charge in [-0.2, -0.15) is 0 Å². The van der Waals surface area contributed by atoms with Crippen molar-refractivity contribution in [2.24, 2.45) is 0 Å². The van der Waals surface area contributed by atoms with Gasteiger partial charge in [-0.15, -0.1) is 0 Å². The number of carbonyl (C=O) groups excluding carboxylic acids is 1. The number of fused-ring (bicyclic) bond motifs is 1. The molecule has 1 fully saturated rings. The minimum Gasteiger partial charge on any atom is -0.478 e. The minimum atomic E-state index is -0.925. The Balaban J connectivity index is 1.78. The van der Waals surface area contributed by atoms with Crippen molar-refractivity contribution in [2.45, 2.75) is 31.8 Å². The van der Waals surface area contributed by atoms with Gasteiger partial charge < -0.3 is 14.9 Å². The highest BCUT2D eigenvalue weighted by Gasteiger charge is 2.33. The molecule has 0 spiro atoms. The SMILES string of the molecule is CN(C(=O)N1CCc2ccc(C(=O)O)cc2C1)C1CC1. The molecule has 1 aromatic rings. The summed E-state index contributed by atoms with van der Waals surface area (Å²) in [6, 6.07) is 5.64. The molecule has 3 rings (SSSR count). The normalized spacial score (nSPS) is 17.6. The molecule has 1 saturated carbocycles. The largest absolute Gasteiger partial charge is 0.478 e. The summed E-state index contributed by atoms with van der Waals surface area (Å²) in [5.41, 5.74) is 2.38. The molecule has 1 aliphatic carbocycles. The molecule has 0 bridgehead atoms. The Morgan fingerprint density at radius 1 is 1.30 bits per heavy atom. The molecule has 0 atom stereocenters. The van der Waals surface area contributed by atoms with Gasteiger partial charge in [0.25, 0.3) is 0 Å². The third-order valence-electron chi connectivity index (χ3n) is 4.13. The van der Waals surface area contributed by atoms with Crippen molar-refractivity contribution in [2.75, 3.05) is 13.6 Å². The van der Waals surface area contributed by atoms with Crippen molar-refractivity contribution >= 4 is 12.0 Å². The fraction of sp³-hybridized carbons (Fsp3) is 0.467. The summed E-state index contributed by atoms with van der Waals surface area (Å²) in [7, 11) is 1.85. The Morgan fingerprint density at radius 2 is 2.05 bits per heavy atom. The van der Waals surface area contributed by atoms with Gasteiger partial charge in [0.05, 0.1) is 5.56 Å². The van der Waals surface area contributed by atoms with E-state index in [1.54, 1.807) is 12.1 Å². The van der Waals surface area contributed by atoms with Crippen LogP contribution in [0.15, 0.2) is 18.2 Å². The highest BCUT2D eigenvalue weighted by Crippen LogP contribution is 2.28. The highest BCUT2D eigenvalue weighted by atomic mass is 16.4. The van der Waals surface area contributed by atoms with E-state index in [-0.39, 0.29) is 11.6 Å². The Hall–Kier alpha value is -2.04. The minimum absolute atomic E-state index is 0.0545. The molecule has 2 amide bonds. The lowest BCUT2D eigenvalue weighted by atomic mass is 9.97. The smallest absolute Gasteiger partial charge is 0.335 e. The number of benzene rings is 1. The van der Waals surface area contributed by atoms with E-state index in [2.05, 4.69) is 0 Å². The van der Waals surface area contributed by atoms with Crippen LogP contribution in [0.4, 0.5) is 4.79 Å². The average Bonchev–Trinajstić information content (AvgIpc) is 3.29. The molecule has 2 aliphatic rings. The van der Waals surface area contributed by atoms with E-state index in [0.29, 0.717) is 19.1 Å². The highest BCUT2D eigenvalue weighted by molar-refractivity contribution is 5.88. The topological polar surface area (TPSA) is 60.9 Å². The number of carboxylic acid groups (broad SMARTS) is 1. The van der Waals surface area contributed by atoms with E-state index >= 15 is 0 Å². The van der Waals surface area contributed by atoms with E-state index in [1.165, 1.54) is 0 Å². The molecule has 5 nitrogen and oxygen atoms in total. The molecule has 1 heterocycles. The zero-order chi connectivity index (χ0) is 14.3. The van der Waals surface area contributed by atoms with Gasteiger partial charge in [-0.25, -0.2) is 9.59 Å². The number of hydrogen-bond donors (Lipinski definition) is 1. The van der Waals surface area contributed by atoms with Crippen LogP contribution in [0.2, 0.25) is 0 Å². The number of amides is 2. The van der Waals surface area contributed by atoms with Gasteiger partial charge in [0.1, 0.15) is 0 Å². The fourth-order valence-corrected chi connectivity index (χ4v) is 2.69. The van der Waals surface area contributed by atoms with Crippen LogP contribution in [0.3, 0.4) is 0 Å². The summed E-state index contributed by atoms with van der Waals surface area (Å²) in [5.74, 6) is -0.925. The number of carbonyl (C=O) groups is 2. The molecule has 5 heteroatoms. The van der Waals surface area contributed by atoms with E-state index < -0.39 is 5.97 Å². The van der Waals surface area contributed by atoms with Crippen LogP contribution in [-0.4, -0.2) is 46.5 Å². The Morgan fingerprint density at radius 3 is 2.70 bits per heavy atom. The van der Waals surface area contributed by atoms with Gasteiger partial charge in [0, 0.05) is 26.2 Å². The summed E-state index contributed by atoms with van der Waals surface area (Å²) in [5, 5.41) is 9.04. The van der Waals surface area contributed by atoms with Gasteiger partial charge in [0.15, 0.2) is 0 Å². The lowest BCUT2D eigenvalue weighted by molar-refractivity contribution is 0.0696. The number of rotatable bonds is 2. The van der Waals surface area contributed by atoms with Crippen LogP contribution >= 0.6 is 0 Å². The number of hydrogen-bond acceptors (Lipinski definition) is 2. The molecule has 0 saturated heterocycles. The summed E-state index contributed by atoms with van der Waals surface area (Å²) in [4.78, 5) is 27.0. The maximum atomic E-state index is 12.3. The van der Waals surface area contributed by atoms with Gasteiger partial charge >= 0.3 is 12.0 Å². The van der Waals surface area contributed by atoms with Crippen molar-refractivity contribution < 1.29 is 14.7 Å². The van der Waals surface area contributed by atoms with E-state index in [1.807, 2.05) is 22.9 Å². The zero-order valence-corrected chi connectivity index (χ0v) is 11.5. The van der Waals surface area contributed by atoms with Crippen LogP contribution in [0, 0.1) is 0 Å². The van der Waals surface area contributed by atoms with Crippen LogP contribution in [0.1, 0.15) is 34.3 Å². The maximum Gasteiger partial charge on any atom is 0.335 e. The third kappa shape index (κ3) is 2.35. The first-order valence-electron chi connectivity index (χ1n) is 6.93. The molecule has 1 aliphatic heterocycles. The van der Waals surface area contributed by atoms with Crippen LogP contribution in [0.5, 0.6) is 0 Å². The lowest BCUT2D eigenvalue weighted by Gasteiger charge is -2.32. The molecule has 1 N–H and O–H groups in total.